The molecular formula is C10H20N4O4S. The fraction of sp³-hybridized carbons (Fsp3) is 0.800. The van der Waals surface area contributed by atoms with Crippen LogP contribution in [0.15, 0.2) is 4.99 Å². The number of guanidine groups is 1. The largest absolute Gasteiger partial charge is 0.480 e. The summed E-state index contributed by atoms with van der Waals surface area (Å²) in [4.78, 5) is 16.5. The van der Waals surface area contributed by atoms with Gasteiger partial charge in [-0.1, -0.05) is 11.9 Å². The molecular weight excluding hydrogens is 272 g/mol. The van der Waals surface area contributed by atoms with E-state index in [2.05, 4.69) is 9.71 Å². The number of aliphatic imine (C=N–C) groups is 1. The number of β-amino-alcohol motifs (C(OH)–C–C–N with tert-alkyl or cyclic N) is 2. The first-order valence-corrected chi connectivity index (χ1v) is 7.01. The Balaban J connectivity index is 2.30. The van der Waals surface area contributed by atoms with Gasteiger partial charge in [-0.3, -0.25) is 9.79 Å². The lowest BCUT2D eigenvalue weighted by molar-refractivity contribution is -0.138. The standard InChI is InChI=1S/C10H20N4O4S/c11-7(9(17)18)2-5-19-13-10-12-3-1-4-14(10)6-8(15)16/h7-8,15-16H,1-6,11H2,(H,12,13)(H,17,18). The van der Waals surface area contributed by atoms with Gasteiger partial charge in [0.15, 0.2) is 6.29 Å². The van der Waals surface area contributed by atoms with E-state index in [4.69, 9.17) is 21.1 Å². The molecule has 0 saturated heterocycles. The minimum absolute atomic E-state index is 0.0982. The van der Waals surface area contributed by atoms with Crippen LogP contribution in [0, 0.1) is 0 Å². The number of rotatable bonds is 7. The van der Waals surface area contributed by atoms with Crippen LogP contribution in [0.2, 0.25) is 0 Å². The Morgan fingerprint density at radius 1 is 1.58 bits per heavy atom. The molecule has 9 heteroatoms. The van der Waals surface area contributed by atoms with Crippen molar-refractivity contribution in [1.29, 1.82) is 0 Å². The molecule has 0 amide bonds. The topological polar surface area (TPSA) is 131 Å². The Hall–Kier alpha value is -1.03. The zero-order valence-corrected chi connectivity index (χ0v) is 11.3. The lowest BCUT2D eigenvalue weighted by atomic mass is 10.2. The third-order valence-corrected chi connectivity index (χ3v) is 3.31. The van der Waals surface area contributed by atoms with E-state index < -0.39 is 18.3 Å². The fourth-order valence-corrected chi connectivity index (χ4v) is 2.35. The second-order valence-electron chi connectivity index (χ2n) is 4.17. The Kier molecular flexibility index (Phi) is 6.92. The summed E-state index contributed by atoms with van der Waals surface area (Å²) in [6.45, 7) is 1.50. The molecule has 1 atom stereocenters. The first kappa shape index (κ1) is 16.0. The maximum absolute atomic E-state index is 10.5. The lowest BCUT2D eigenvalue weighted by Crippen LogP contribution is -2.46. The smallest absolute Gasteiger partial charge is 0.320 e. The van der Waals surface area contributed by atoms with E-state index in [1.165, 1.54) is 11.9 Å². The highest BCUT2D eigenvalue weighted by Gasteiger charge is 2.18. The van der Waals surface area contributed by atoms with Gasteiger partial charge in [-0.15, -0.1) is 0 Å². The highest BCUT2D eigenvalue weighted by Crippen LogP contribution is 2.06. The number of carbonyl (C=O) groups is 1. The van der Waals surface area contributed by atoms with Crippen LogP contribution in [0.4, 0.5) is 0 Å². The van der Waals surface area contributed by atoms with Gasteiger partial charge in [0, 0.05) is 18.8 Å². The molecule has 1 heterocycles. The van der Waals surface area contributed by atoms with Crippen molar-refractivity contribution < 1.29 is 20.1 Å². The third-order valence-electron chi connectivity index (χ3n) is 2.54. The van der Waals surface area contributed by atoms with E-state index in [9.17, 15) is 4.79 Å². The Morgan fingerprint density at radius 3 is 2.95 bits per heavy atom. The van der Waals surface area contributed by atoms with Crippen LogP contribution < -0.4 is 10.5 Å². The number of nitrogens with zero attached hydrogens (tertiary/aromatic N) is 2. The van der Waals surface area contributed by atoms with Gasteiger partial charge < -0.3 is 30.7 Å². The van der Waals surface area contributed by atoms with Gasteiger partial charge in [-0.05, 0) is 12.8 Å². The number of hydrogen-bond donors (Lipinski definition) is 5. The second-order valence-corrected chi connectivity index (χ2v) is 5.07. The number of carboxylic acid groups (broad SMARTS) is 1. The van der Waals surface area contributed by atoms with E-state index in [1.54, 1.807) is 4.90 Å². The van der Waals surface area contributed by atoms with Crippen LogP contribution in [0.3, 0.4) is 0 Å². The van der Waals surface area contributed by atoms with Gasteiger partial charge >= 0.3 is 5.97 Å². The quantitative estimate of drug-likeness (QED) is 0.215. The van der Waals surface area contributed by atoms with Crippen LogP contribution in [0.1, 0.15) is 12.8 Å². The first-order valence-electron chi connectivity index (χ1n) is 6.02. The SMILES string of the molecule is NC(CCSNC1=NCCCN1CC(O)O)C(=O)O. The summed E-state index contributed by atoms with van der Waals surface area (Å²) < 4.78 is 2.99. The van der Waals surface area contributed by atoms with Crippen molar-refractivity contribution in [2.45, 2.75) is 25.2 Å². The van der Waals surface area contributed by atoms with Crippen molar-refractivity contribution in [1.82, 2.24) is 9.62 Å². The van der Waals surface area contributed by atoms with Crippen molar-refractivity contribution in [2.75, 3.05) is 25.4 Å². The second kappa shape index (κ2) is 8.20. The van der Waals surface area contributed by atoms with Crippen molar-refractivity contribution in [3.63, 3.8) is 0 Å². The van der Waals surface area contributed by atoms with E-state index in [0.29, 0.717) is 31.2 Å². The van der Waals surface area contributed by atoms with Gasteiger partial charge in [-0.25, -0.2) is 0 Å². The molecule has 1 aliphatic rings. The first-order chi connectivity index (χ1) is 9.00. The van der Waals surface area contributed by atoms with Crippen molar-refractivity contribution in [3.8, 4) is 0 Å². The number of aliphatic hydroxyl groups excluding tert-OH is 1. The molecule has 0 fully saturated rings. The van der Waals surface area contributed by atoms with Crippen molar-refractivity contribution in [2.24, 2.45) is 10.7 Å². The fourth-order valence-electron chi connectivity index (χ4n) is 1.55. The summed E-state index contributed by atoms with van der Waals surface area (Å²) in [5.41, 5.74) is 5.38. The molecule has 1 unspecified atom stereocenters. The maximum Gasteiger partial charge on any atom is 0.320 e. The molecule has 0 aromatic carbocycles. The minimum atomic E-state index is -1.41. The van der Waals surface area contributed by atoms with Crippen LogP contribution in [0.5, 0.6) is 0 Å². The zero-order valence-electron chi connectivity index (χ0n) is 10.5. The average molecular weight is 292 g/mol. The van der Waals surface area contributed by atoms with E-state index >= 15 is 0 Å². The highest BCUT2D eigenvalue weighted by atomic mass is 32.2. The van der Waals surface area contributed by atoms with Gasteiger partial charge in [-0.2, -0.15) is 0 Å². The zero-order chi connectivity index (χ0) is 14.3. The third kappa shape index (κ3) is 6.10. The minimum Gasteiger partial charge on any atom is -0.480 e. The summed E-state index contributed by atoms with van der Waals surface area (Å²) >= 11 is 1.31. The highest BCUT2D eigenvalue weighted by molar-refractivity contribution is 7.97. The van der Waals surface area contributed by atoms with Crippen molar-refractivity contribution >= 4 is 23.9 Å². The van der Waals surface area contributed by atoms with E-state index in [1.807, 2.05) is 0 Å². The molecule has 6 N–H and O–H groups in total. The summed E-state index contributed by atoms with van der Waals surface area (Å²) in [7, 11) is 0. The molecule has 1 rings (SSSR count). The normalized spacial score (nSPS) is 17.3. The van der Waals surface area contributed by atoms with Crippen LogP contribution in [-0.2, 0) is 4.79 Å². The van der Waals surface area contributed by atoms with Gasteiger partial charge in [0.25, 0.3) is 0 Å². The maximum atomic E-state index is 10.5. The molecule has 0 radical (unpaired) electrons. The number of nitrogens with one attached hydrogen (secondary N) is 1. The predicted molar refractivity (Wildman–Crippen MR) is 72.5 cm³/mol. The number of aliphatic hydroxyl groups is 2. The molecule has 8 nitrogen and oxygen atoms in total. The van der Waals surface area contributed by atoms with Crippen LogP contribution in [-0.4, -0.2) is 69.9 Å². The van der Waals surface area contributed by atoms with Gasteiger partial charge in [0.1, 0.15) is 6.04 Å². The molecule has 0 bridgehead atoms. The average Bonchev–Trinajstić information content (AvgIpc) is 2.35. The van der Waals surface area contributed by atoms with E-state index in [-0.39, 0.29) is 6.54 Å². The van der Waals surface area contributed by atoms with Gasteiger partial charge in [0.05, 0.1) is 6.54 Å². The monoisotopic (exact) mass is 292 g/mol. The number of aliphatic carboxylic acids is 1. The molecule has 19 heavy (non-hydrogen) atoms. The predicted octanol–water partition coefficient (Wildman–Crippen LogP) is -1.60. The molecule has 1 aliphatic heterocycles. The summed E-state index contributed by atoms with van der Waals surface area (Å²) in [6.07, 6.45) is -0.189. The molecule has 0 saturated carbocycles. The van der Waals surface area contributed by atoms with Crippen LogP contribution in [0.25, 0.3) is 0 Å². The Bertz CT molecular complexity index is 327. The molecule has 110 valence electrons. The number of hydrogen-bond acceptors (Lipinski definition) is 8. The number of nitrogens with two attached hydrogens (primary N) is 1. The molecule has 0 spiro atoms. The molecule has 0 aromatic heterocycles. The van der Waals surface area contributed by atoms with Crippen molar-refractivity contribution in [3.05, 3.63) is 0 Å². The lowest BCUT2D eigenvalue weighted by Gasteiger charge is -2.29. The summed E-state index contributed by atoms with van der Waals surface area (Å²) in [5, 5.41) is 26.6. The molecule has 0 aliphatic carbocycles. The summed E-state index contributed by atoms with van der Waals surface area (Å²) in [5.74, 6) is 0.107. The van der Waals surface area contributed by atoms with Crippen LogP contribution >= 0.6 is 11.9 Å². The number of carboxylic acids is 1. The Labute approximate surface area is 115 Å². The Morgan fingerprint density at radius 2 is 2.32 bits per heavy atom. The summed E-state index contributed by atoms with van der Waals surface area (Å²) in [6, 6.07) is -0.863. The van der Waals surface area contributed by atoms with E-state index in [0.717, 1.165) is 6.42 Å². The van der Waals surface area contributed by atoms with Gasteiger partial charge in [0.2, 0.25) is 5.96 Å². The molecule has 0 aromatic rings.